The molecule has 2 aromatic carbocycles. The lowest BCUT2D eigenvalue weighted by atomic mass is 9.78. The molecule has 0 bridgehead atoms. The van der Waals surface area contributed by atoms with Gasteiger partial charge in [0.1, 0.15) is 47.0 Å². The Morgan fingerprint density at radius 1 is 1.12 bits per heavy atom. The number of guanidine groups is 1. The number of hydrogen-bond donors (Lipinski definition) is 8. The molecule has 2 aliphatic rings. The van der Waals surface area contributed by atoms with E-state index in [1.54, 1.807) is 26.0 Å². The number of carbonyl (C=O) groups excluding carboxylic acids is 2. The van der Waals surface area contributed by atoms with Crippen molar-refractivity contribution >= 4 is 23.3 Å². The lowest BCUT2D eigenvalue weighted by Gasteiger charge is -2.48. The van der Waals surface area contributed by atoms with Crippen molar-refractivity contribution in [3.63, 3.8) is 0 Å². The van der Waals surface area contributed by atoms with Crippen molar-refractivity contribution in [1.29, 1.82) is 0 Å². The topological polar surface area (TPSA) is 252 Å². The van der Waals surface area contributed by atoms with Crippen LogP contribution in [0.25, 0.3) is 0 Å². The zero-order valence-corrected chi connectivity index (χ0v) is 27.6. The van der Waals surface area contributed by atoms with Gasteiger partial charge in [0, 0.05) is 48.1 Å². The first-order chi connectivity index (χ1) is 23.3. The van der Waals surface area contributed by atoms with Crippen molar-refractivity contribution in [2.24, 2.45) is 10.7 Å². The number of aliphatic imine (C=N–C) groups is 1. The Labute approximate surface area is 282 Å². The van der Waals surface area contributed by atoms with Crippen LogP contribution < -0.4 is 26.3 Å². The smallest absolute Gasteiger partial charge is 0.229 e. The number of carbonyl (C=O) groups is 2. The summed E-state index contributed by atoms with van der Waals surface area (Å²) in [4.78, 5) is 36.2. The van der Waals surface area contributed by atoms with E-state index in [0.717, 1.165) is 0 Å². The van der Waals surface area contributed by atoms with Gasteiger partial charge in [0.2, 0.25) is 12.1 Å². The molecule has 3 aromatic rings. The maximum Gasteiger partial charge on any atom is 0.229 e. The molecule has 15 heteroatoms. The number of phenolic OH excluding ortho intramolecular Hbond substituents is 1. The first-order valence-electron chi connectivity index (χ1n) is 15.7. The Balaban J connectivity index is 1.54. The van der Waals surface area contributed by atoms with Crippen LogP contribution in [-0.2, 0) is 24.1 Å². The van der Waals surface area contributed by atoms with Crippen LogP contribution in [0.1, 0.15) is 67.4 Å². The summed E-state index contributed by atoms with van der Waals surface area (Å²) in [6.07, 6.45) is -5.11. The maximum absolute atomic E-state index is 14.3. The molecule has 1 aliphatic carbocycles. The minimum atomic E-state index is -2.13. The number of rotatable bonds is 10. The number of aromatic hydroxyl groups is 1. The number of aryl methyl sites for hydroxylation is 2. The Bertz CT molecular complexity index is 1810. The number of nitrogen functional groups attached to an aromatic ring is 1. The van der Waals surface area contributed by atoms with Gasteiger partial charge in [-0.3, -0.25) is 14.6 Å². The van der Waals surface area contributed by atoms with Gasteiger partial charge in [-0.15, -0.1) is 0 Å². The minimum Gasteiger partial charge on any atom is -0.507 e. The number of pyridine rings is 1. The predicted octanol–water partition coefficient (Wildman–Crippen LogP) is 0.240. The van der Waals surface area contributed by atoms with Gasteiger partial charge in [0.15, 0.2) is 11.7 Å². The largest absolute Gasteiger partial charge is 0.507 e. The fraction of sp³-hybridized carbons (Fsp3) is 0.412. The van der Waals surface area contributed by atoms with E-state index in [-0.39, 0.29) is 71.3 Å². The Hall–Kier alpha value is -4.80. The SMILES string of the molecule is CCc1c(OC)cc(O[C@@H]2O[C@H](CO)[C@](O)(CCc3ccnc(N)c3)[C@H](O)[C@H]2O)c2c1C(=O)c1cc(C)c(CNC(N)=NC)c(O)c1C2=O. The first-order valence-corrected chi connectivity index (χ1v) is 15.7. The molecule has 1 fully saturated rings. The molecule has 1 aliphatic heterocycles. The number of nitrogens with two attached hydrogens (primary N) is 2. The quantitative estimate of drug-likeness (QED) is 0.0826. The number of ketones is 2. The summed E-state index contributed by atoms with van der Waals surface area (Å²) in [6.45, 7) is 2.70. The van der Waals surface area contributed by atoms with E-state index in [4.69, 9.17) is 25.7 Å². The van der Waals surface area contributed by atoms with Crippen molar-refractivity contribution in [1.82, 2.24) is 10.3 Å². The van der Waals surface area contributed by atoms with Crippen molar-refractivity contribution in [2.45, 2.75) is 69.9 Å². The maximum atomic E-state index is 14.3. The molecular weight excluding hydrogens is 638 g/mol. The van der Waals surface area contributed by atoms with Gasteiger partial charge in [0.05, 0.1) is 24.8 Å². The third kappa shape index (κ3) is 6.26. The van der Waals surface area contributed by atoms with Crippen molar-refractivity contribution in [3.8, 4) is 17.2 Å². The van der Waals surface area contributed by atoms with E-state index in [1.807, 2.05) is 0 Å². The standard InChI is InChI=1S/C34H41N5O10/c1-5-17-20(47-4)12-21(26-24(17)27(41)18-10-15(2)19(13-39-33(36)37-3)28(42)25(18)29(26)43)48-32-30(44)31(45)34(46,22(14-40)49-32)8-6-16-7-9-38-23(35)11-16/h7,9-12,22,30-32,40,42,44-46H,5-6,8,13-14H2,1-4H3,(H2,35,38)(H3,36,37,39)/t22-,30-,31-,32-,34-/m1/s1. The fourth-order valence-electron chi connectivity index (χ4n) is 6.49. The van der Waals surface area contributed by atoms with Crippen LogP contribution in [0.5, 0.6) is 17.2 Å². The lowest BCUT2D eigenvalue weighted by molar-refractivity contribution is -0.314. The average Bonchev–Trinajstić information content (AvgIpc) is 3.08. The number of aromatic nitrogens is 1. The highest BCUT2D eigenvalue weighted by Crippen LogP contribution is 2.45. The Morgan fingerprint density at radius 2 is 1.86 bits per heavy atom. The van der Waals surface area contributed by atoms with E-state index in [0.29, 0.717) is 22.3 Å². The molecule has 5 atom stereocenters. The molecular formula is C34H41N5O10. The zero-order valence-electron chi connectivity index (χ0n) is 27.6. The second-order valence-electron chi connectivity index (χ2n) is 12.0. The Morgan fingerprint density at radius 3 is 2.49 bits per heavy atom. The third-order valence-corrected chi connectivity index (χ3v) is 9.21. The van der Waals surface area contributed by atoms with Gasteiger partial charge in [-0.25, -0.2) is 4.98 Å². The second-order valence-corrected chi connectivity index (χ2v) is 12.0. The van der Waals surface area contributed by atoms with E-state index in [9.17, 15) is 35.1 Å². The summed E-state index contributed by atoms with van der Waals surface area (Å²) in [5, 5.41) is 58.4. The molecule has 0 spiro atoms. The van der Waals surface area contributed by atoms with Crippen LogP contribution in [0.3, 0.4) is 0 Å². The van der Waals surface area contributed by atoms with Gasteiger partial charge < -0.3 is 56.5 Å². The number of fused-ring (bicyclic) bond motifs is 2. The summed E-state index contributed by atoms with van der Waals surface area (Å²) in [5.41, 5.74) is 10.8. The number of ether oxygens (including phenoxy) is 3. The fourth-order valence-corrected chi connectivity index (χ4v) is 6.49. The van der Waals surface area contributed by atoms with Crippen LogP contribution in [0.4, 0.5) is 5.82 Å². The molecule has 49 heavy (non-hydrogen) atoms. The summed E-state index contributed by atoms with van der Waals surface area (Å²) in [7, 11) is 2.86. The van der Waals surface area contributed by atoms with Crippen molar-refractivity contribution in [3.05, 3.63) is 75.0 Å². The van der Waals surface area contributed by atoms with Crippen LogP contribution >= 0.6 is 0 Å². The molecule has 0 unspecified atom stereocenters. The van der Waals surface area contributed by atoms with Crippen LogP contribution in [0.15, 0.2) is 35.5 Å². The number of anilines is 1. The summed E-state index contributed by atoms with van der Waals surface area (Å²) in [6, 6.07) is 6.14. The van der Waals surface area contributed by atoms with E-state index >= 15 is 0 Å². The van der Waals surface area contributed by atoms with Gasteiger partial charge in [-0.1, -0.05) is 6.92 Å². The average molecular weight is 680 g/mol. The molecule has 1 aromatic heterocycles. The molecule has 262 valence electrons. The summed E-state index contributed by atoms with van der Waals surface area (Å²) in [5.74, 6) is -1.43. The molecule has 0 radical (unpaired) electrons. The molecule has 15 nitrogen and oxygen atoms in total. The Kier molecular flexibility index (Phi) is 10.1. The number of nitrogens with one attached hydrogen (secondary N) is 1. The normalized spacial score (nSPS) is 23.6. The minimum absolute atomic E-state index is 0.00856. The first kappa shape index (κ1) is 35.5. The van der Waals surface area contributed by atoms with Gasteiger partial charge in [-0.05, 0) is 55.5 Å². The van der Waals surface area contributed by atoms with Gasteiger partial charge in [-0.2, -0.15) is 0 Å². The number of hydrogen-bond acceptors (Lipinski definition) is 13. The van der Waals surface area contributed by atoms with E-state index < -0.39 is 54.1 Å². The van der Waals surface area contributed by atoms with Crippen LogP contribution in [0.2, 0.25) is 0 Å². The van der Waals surface area contributed by atoms with Crippen LogP contribution in [-0.4, -0.2) is 99.0 Å². The highest BCUT2D eigenvalue weighted by Gasteiger charge is 2.55. The second kappa shape index (κ2) is 14.0. The molecule has 10 N–H and O–H groups in total. The number of aliphatic hydroxyl groups excluding tert-OH is 3. The number of benzene rings is 2. The van der Waals surface area contributed by atoms with E-state index in [2.05, 4.69) is 15.3 Å². The summed E-state index contributed by atoms with van der Waals surface area (Å²) >= 11 is 0. The number of aliphatic hydroxyl groups is 4. The molecule has 0 amide bonds. The number of methoxy groups -OCH3 is 1. The van der Waals surface area contributed by atoms with Gasteiger partial charge >= 0.3 is 0 Å². The molecule has 1 saturated heterocycles. The van der Waals surface area contributed by atoms with Crippen molar-refractivity contribution in [2.75, 3.05) is 26.5 Å². The zero-order chi connectivity index (χ0) is 35.8. The van der Waals surface area contributed by atoms with Crippen LogP contribution in [0, 0.1) is 6.92 Å². The third-order valence-electron chi connectivity index (χ3n) is 9.21. The molecule has 2 heterocycles. The monoisotopic (exact) mass is 679 g/mol. The highest BCUT2D eigenvalue weighted by atomic mass is 16.7. The highest BCUT2D eigenvalue weighted by molar-refractivity contribution is 6.31. The number of phenols is 1. The van der Waals surface area contributed by atoms with Gasteiger partial charge in [0.25, 0.3) is 0 Å². The predicted molar refractivity (Wildman–Crippen MR) is 177 cm³/mol. The number of nitrogens with zero attached hydrogens (tertiary/aromatic N) is 2. The lowest BCUT2D eigenvalue weighted by Crippen LogP contribution is -2.68. The molecule has 5 rings (SSSR count). The molecule has 0 saturated carbocycles. The van der Waals surface area contributed by atoms with E-state index in [1.165, 1.54) is 32.5 Å². The van der Waals surface area contributed by atoms with Crippen molar-refractivity contribution < 1.29 is 49.3 Å². The summed E-state index contributed by atoms with van der Waals surface area (Å²) < 4.78 is 17.5.